The molecular weight excluding hydrogens is 432 g/mol. The van der Waals surface area contributed by atoms with E-state index < -0.39 is 24.6 Å². The highest BCUT2D eigenvalue weighted by Crippen LogP contribution is 2.29. The lowest BCUT2D eigenvalue weighted by Crippen LogP contribution is -2.59. The molecule has 6 heteroatoms. The zero-order valence-corrected chi connectivity index (χ0v) is 19.6. The number of aliphatic hydroxyl groups excluding tert-OH is 1. The van der Waals surface area contributed by atoms with Gasteiger partial charge in [0, 0.05) is 0 Å². The third kappa shape index (κ3) is 6.44. The molecule has 1 aliphatic rings. The zero-order valence-electron chi connectivity index (χ0n) is 19.6. The van der Waals surface area contributed by atoms with Crippen molar-refractivity contribution in [2.75, 3.05) is 7.11 Å². The van der Waals surface area contributed by atoms with Gasteiger partial charge in [0.2, 0.25) is 0 Å². The molecule has 1 heterocycles. The average molecular weight is 465 g/mol. The van der Waals surface area contributed by atoms with Crippen LogP contribution in [0.25, 0.3) is 0 Å². The summed E-state index contributed by atoms with van der Waals surface area (Å²) in [5.74, 6) is 0.783. The molecule has 1 N–H and O–H groups in total. The average Bonchev–Trinajstić information content (AvgIpc) is 2.88. The second-order valence-electron chi connectivity index (χ2n) is 8.38. The summed E-state index contributed by atoms with van der Waals surface area (Å²) in [5.41, 5.74) is 3.00. The number of benzene rings is 3. The quantitative estimate of drug-likeness (QED) is 0.477. The van der Waals surface area contributed by atoms with Gasteiger partial charge in [-0.1, -0.05) is 72.8 Å². The minimum Gasteiger partial charge on any atom is -0.497 e. The molecule has 0 saturated carbocycles. The number of aliphatic hydroxyl groups is 1. The van der Waals surface area contributed by atoms with Gasteiger partial charge in [-0.2, -0.15) is 0 Å². The van der Waals surface area contributed by atoms with Crippen molar-refractivity contribution in [1.29, 1.82) is 0 Å². The first-order valence-electron chi connectivity index (χ1n) is 11.5. The van der Waals surface area contributed by atoms with Gasteiger partial charge >= 0.3 is 0 Å². The van der Waals surface area contributed by atoms with E-state index in [4.69, 9.17) is 23.7 Å². The Morgan fingerprint density at radius 3 is 1.74 bits per heavy atom. The van der Waals surface area contributed by atoms with Crippen molar-refractivity contribution >= 4 is 0 Å². The Hall–Kier alpha value is -2.74. The Labute approximate surface area is 201 Å². The number of ether oxygens (including phenoxy) is 5. The molecule has 0 aliphatic carbocycles. The predicted octanol–water partition coefficient (Wildman–Crippen LogP) is 4.49. The molecule has 1 fully saturated rings. The van der Waals surface area contributed by atoms with Crippen LogP contribution in [0.4, 0.5) is 0 Å². The molecule has 0 spiro atoms. The molecule has 1 aliphatic heterocycles. The van der Waals surface area contributed by atoms with Crippen molar-refractivity contribution in [2.24, 2.45) is 0 Å². The molecular formula is C28H32O6. The summed E-state index contributed by atoms with van der Waals surface area (Å²) in [4.78, 5) is 0. The van der Waals surface area contributed by atoms with Crippen molar-refractivity contribution in [1.82, 2.24) is 0 Å². The van der Waals surface area contributed by atoms with E-state index in [1.54, 1.807) is 7.11 Å². The first kappa shape index (κ1) is 24.4. The largest absolute Gasteiger partial charge is 0.497 e. The first-order chi connectivity index (χ1) is 16.6. The molecule has 34 heavy (non-hydrogen) atoms. The summed E-state index contributed by atoms with van der Waals surface area (Å²) in [5, 5.41) is 11.3. The molecule has 180 valence electrons. The van der Waals surface area contributed by atoms with Gasteiger partial charge in [-0.15, -0.1) is 0 Å². The maximum absolute atomic E-state index is 11.3. The SMILES string of the molecule is COc1ccc(CO[C@@H]2[C@@H](O)[C@@H](OCc3ccccc3)[C@H](OCc3ccccc3)O[C@H]2C)cc1. The van der Waals surface area contributed by atoms with Gasteiger partial charge in [0.1, 0.15) is 24.1 Å². The van der Waals surface area contributed by atoms with Crippen LogP contribution in [0.3, 0.4) is 0 Å². The maximum Gasteiger partial charge on any atom is 0.187 e. The second kappa shape index (κ2) is 12.1. The smallest absolute Gasteiger partial charge is 0.187 e. The summed E-state index contributed by atoms with van der Waals surface area (Å²) in [6, 6.07) is 27.3. The Morgan fingerprint density at radius 2 is 1.18 bits per heavy atom. The summed E-state index contributed by atoms with van der Waals surface area (Å²) >= 11 is 0. The monoisotopic (exact) mass is 464 g/mol. The topological polar surface area (TPSA) is 66.4 Å². The second-order valence-corrected chi connectivity index (χ2v) is 8.38. The van der Waals surface area contributed by atoms with Crippen LogP contribution >= 0.6 is 0 Å². The van der Waals surface area contributed by atoms with E-state index in [0.29, 0.717) is 19.8 Å². The predicted molar refractivity (Wildman–Crippen MR) is 128 cm³/mol. The van der Waals surface area contributed by atoms with Gasteiger partial charge in [0.15, 0.2) is 6.29 Å². The van der Waals surface area contributed by atoms with E-state index in [0.717, 1.165) is 22.4 Å². The maximum atomic E-state index is 11.3. The van der Waals surface area contributed by atoms with Crippen LogP contribution < -0.4 is 4.74 Å². The van der Waals surface area contributed by atoms with Crippen LogP contribution in [0.5, 0.6) is 5.75 Å². The van der Waals surface area contributed by atoms with E-state index in [-0.39, 0.29) is 6.10 Å². The molecule has 4 rings (SSSR count). The van der Waals surface area contributed by atoms with E-state index >= 15 is 0 Å². The number of methoxy groups -OCH3 is 1. The van der Waals surface area contributed by atoms with Gasteiger partial charge < -0.3 is 28.8 Å². The molecule has 1 saturated heterocycles. The lowest BCUT2D eigenvalue weighted by molar-refractivity contribution is -0.314. The van der Waals surface area contributed by atoms with Gasteiger partial charge in [0.25, 0.3) is 0 Å². The molecule has 6 nitrogen and oxygen atoms in total. The lowest BCUT2D eigenvalue weighted by Gasteiger charge is -2.43. The zero-order chi connectivity index (χ0) is 23.8. The highest BCUT2D eigenvalue weighted by molar-refractivity contribution is 5.26. The van der Waals surface area contributed by atoms with Crippen LogP contribution in [0.1, 0.15) is 23.6 Å². The van der Waals surface area contributed by atoms with Crippen molar-refractivity contribution < 1.29 is 28.8 Å². The fraction of sp³-hybridized carbons (Fsp3) is 0.357. The fourth-order valence-electron chi connectivity index (χ4n) is 3.97. The van der Waals surface area contributed by atoms with E-state index in [9.17, 15) is 5.11 Å². The normalized spacial score (nSPS) is 24.6. The Bertz CT molecular complexity index is 979. The highest BCUT2D eigenvalue weighted by Gasteiger charge is 2.45. The summed E-state index contributed by atoms with van der Waals surface area (Å²) in [6.07, 6.45) is -3.31. The van der Waals surface area contributed by atoms with E-state index in [2.05, 4.69) is 0 Å². The molecule has 0 unspecified atom stereocenters. The standard InChI is InChI=1S/C28H32O6/c1-20-26(31-18-23-13-15-24(30-2)16-14-23)25(29)27(32-17-21-9-5-3-6-10-21)28(34-20)33-19-22-11-7-4-8-12-22/h3-16,20,25-29H,17-19H2,1-2H3/t20-,25+,26-,27+,28+/m0/s1. The van der Waals surface area contributed by atoms with E-state index in [1.807, 2.05) is 91.9 Å². The minimum absolute atomic E-state index is 0.330. The number of hydrogen-bond donors (Lipinski definition) is 1. The van der Waals surface area contributed by atoms with Crippen molar-refractivity contribution in [3.05, 3.63) is 102 Å². The summed E-state index contributed by atoms with van der Waals surface area (Å²) in [6.45, 7) is 2.90. The third-order valence-corrected chi connectivity index (χ3v) is 5.90. The lowest BCUT2D eigenvalue weighted by atomic mass is 9.99. The van der Waals surface area contributed by atoms with Crippen LogP contribution in [-0.2, 0) is 38.8 Å². The van der Waals surface area contributed by atoms with Gasteiger partial charge in [-0.05, 0) is 35.7 Å². The minimum atomic E-state index is -0.925. The summed E-state index contributed by atoms with van der Waals surface area (Å²) < 4.78 is 29.7. The molecule has 3 aromatic rings. The molecule has 0 amide bonds. The van der Waals surface area contributed by atoms with Crippen LogP contribution in [-0.4, -0.2) is 42.9 Å². The number of hydrogen-bond acceptors (Lipinski definition) is 6. The van der Waals surface area contributed by atoms with Crippen molar-refractivity contribution in [3.63, 3.8) is 0 Å². The van der Waals surface area contributed by atoms with Crippen molar-refractivity contribution in [3.8, 4) is 5.75 Å². The third-order valence-electron chi connectivity index (χ3n) is 5.90. The van der Waals surface area contributed by atoms with Gasteiger partial charge in [-0.25, -0.2) is 0 Å². The molecule has 0 radical (unpaired) electrons. The van der Waals surface area contributed by atoms with Crippen LogP contribution in [0.2, 0.25) is 0 Å². The highest BCUT2D eigenvalue weighted by atomic mass is 16.7. The van der Waals surface area contributed by atoms with Crippen LogP contribution in [0, 0.1) is 0 Å². The van der Waals surface area contributed by atoms with E-state index in [1.165, 1.54) is 0 Å². The van der Waals surface area contributed by atoms with Crippen LogP contribution in [0.15, 0.2) is 84.9 Å². The van der Waals surface area contributed by atoms with Gasteiger partial charge in [0.05, 0.1) is 33.0 Å². The molecule has 3 aromatic carbocycles. The fourth-order valence-corrected chi connectivity index (χ4v) is 3.97. The Morgan fingerprint density at radius 1 is 0.676 bits per heavy atom. The Kier molecular flexibility index (Phi) is 8.68. The molecule has 0 bridgehead atoms. The van der Waals surface area contributed by atoms with Gasteiger partial charge in [-0.3, -0.25) is 0 Å². The molecule has 0 aromatic heterocycles. The van der Waals surface area contributed by atoms with Crippen molar-refractivity contribution in [2.45, 2.75) is 57.5 Å². The number of rotatable bonds is 10. The first-order valence-corrected chi connectivity index (χ1v) is 11.5. The summed E-state index contributed by atoms with van der Waals surface area (Å²) in [7, 11) is 1.63. The Balaban J connectivity index is 1.43. The molecule has 5 atom stereocenters.